The van der Waals surface area contributed by atoms with E-state index in [-0.39, 0.29) is 23.8 Å². The number of hydrogen-bond acceptors (Lipinski definition) is 3. The summed E-state index contributed by atoms with van der Waals surface area (Å²) in [6.45, 7) is 2.88. The number of benzene rings is 1. The van der Waals surface area contributed by atoms with Crippen LogP contribution in [0.2, 0.25) is 10.0 Å². The molecule has 2 unspecified atom stereocenters. The van der Waals surface area contributed by atoms with Gasteiger partial charge >= 0.3 is 0 Å². The molecule has 0 bridgehead atoms. The molecule has 0 saturated carbocycles. The summed E-state index contributed by atoms with van der Waals surface area (Å²) in [6.07, 6.45) is 3.89. The highest BCUT2D eigenvalue weighted by Gasteiger charge is 2.27. The molecular formula is C18H23Cl2N3O2. The number of carbonyl (C=O) groups is 2. The van der Waals surface area contributed by atoms with E-state index in [0.29, 0.717) is 28.7 Å². The Kier molecular flexibility index (Phi) is 6.20. The van der Waals surface area contributed by atoms with Crippen LogP contribution in [0.3, 0.4) is 0 Å². The highest BCUT2D eigenvalue weighted by atomic mass is 35.5. The standard InChI is InChI=1S/C18H23Cl2N3O2/c19-14-7-13(8-15(20)9-14)18(25)23-6-2-3-12(11-23)10-22-17(24)16-4-1-5-21-16/h7-9,12,16,21H,1-6,10-11H2,(H,22,24). The predicted molar refractivity (Wildman–Crippen MR) is 99.1 cm³/mol. The van der Waals surface area contributed by atoms with Gasteiger partial charge in [0, 0.05) is 35.2 Å². The van der Waals surface area contributed by atoms with Crippen LogP contribution in [-0.2, 0) is 4.79 Å². The van der Waals surface area contributed by atoms with E-state index in [1.54, 1.807) is 18.2 Å². The van der Waals surface area contributed by atoms with Crippen molar-refractivity contribution in [2.24, 2.45) is 5.92 Å². The molecule has 2 amide bonds. The minimum absolute atomic E-state index is 0.0575. The number of hydrogen-bond donors (Lipinski definition) is 2. The molecule has 7 heteroatoms. The van der Waals surface area contributed by atoms with Crippen molar-refractivity contribution in [1.82, 2.24) is 15.5 Å². The summed E-state index contributed by atoms with van der Waals surface area (Å²) in [4.78, 5) is 26.7. The molecule has 2 saturated heterocycles. The molecule has 3 rings (SSSR count). The number of carbonyl (C=O) groups excluding carboxylic acids is 2. The second-order valence-corrected chi connectivity index (χ2v) is 7.68. The van der Waals surface area contributed by atoms with Crippen molar-refractivity contribution in [2.45, 2.75) is 31.7 Å². The summed E-state index contributed by atoms with van der Waals surface area (Å²) < 4.78 is 0. The third-order valence-electron chi connectivity index (χ3n) is 4.86. The van der Waals surface area contributed by atoms with Gasteiger partial charge in [0.1, 0.15) is 0 Å². The average molecular weight is 384 g/mol. The summed E-state index contributed by atoms with van der Waals surface area (Å²) in [6, 6.07) is 4.85. The minimum Gasteiger partial charge on any atom is -0.354 e. The maximum atomic E-state index is 12.7. The smallest absolute Gasteiger partial charge is 0.253 e. The van der Waals surface area contributed by atoms with Crippen molar-refractivity contribution in [3.8, 4) is 0 Å². The van der Waals surface area contributed by atoms with E-state index >= 15 is 0 Å². The van der Waals surface area contributed by atoms with Gasteiger partial charge in [0.2, 0.25) is 5.91 Å². The fourth-order valence-corrected chi connectivity index (χ4v) is 4.08. The second-order valence-electron chi connectivity index (χ2n) is 6.81. The molecule has 25 heavy (non-hydrogen) atoms. The summed E-state index contributed by atoms with van der Waals surface area (Å²) in [7, 11) is 0. The van der Waals surface area contributed by atoms with E-state index in [2.05, 4.69) is 10.6 Å². The van der Waals surface area contributed by atoms with Crippen LogP contribution in [0.15, 0.2) is 18.2 Å². The molecule has 2 N–H and O–H groups in total. The van der Waals surface area contributed by atoms with E-state index in [9.17, 15) is 9.59 Å². The molecule has 2 fully saturated rings. The average Bonchev–Trinajstić information content (AvgIpc) is 3.13. The Morgan fingerprint density at radius 2 is 1.92 bits per heavy atom. The lowest BCUT2D eigenvalue weighted by atomic mass is 9.97. The highest BCUT2D eigenvalue weighted by molar-refractivity contribution is 6.35. The zero-order valence-corrected chi connectivity index (χ0v) is 15.6. The van der Waals surface area contributed by atoms with Crippen molar-refractivity contribution in [2.75, 3.05) is 26.2 Å². The highest BCUT2D eigenvalue weighted by Crippen LogP contribution is 2.23. The molecule has 2 aliphatic heterocycles. The largest absolute Gasteiger partial charge is 0.354 e. The third-order valence-corrected chi connectivity index (χ3v) is 5.29. The maximum absolute atomic E-state index is 12.7. The summed E-state index contributed by atoms with van der Waals surface area (Å²) >= 11 is 12.0. The van der Waals surface area contributed by atoms with Gasteiger partial charge in [-0.2, -0.15) is 0 Å². The second kappa shape index (κ2) is 8.39. The molecule has 2 aliphatic rings. The van der Waals surface area contributed by atoms with Gasteiger partial charge in [-0.3, -0.25) is 9.59 Å². The molecule has 0 radical (unpaired) electrons. The van der Waals surface area contributed by atoms with Gasteiger partial charge < -0.3 is 15.5 Å². The van der Waals surface area contributed by atoms with E-state index in [4.69, 9.17) is 23.2 Å². The van der Waals surface area contributed by atoms with Crippen molar-refractivity contribution in [3.63, 3.8) is 0 Å². The van der Waals surface area contributed by atoms with Crippen LogP contribution < -0.4 is 10.6 Å². The SMILES string of the molecule is O=C(NCC1CCCN(C(=O)c2cc(Cl)cc(Cl)c2)C1)C1CCCN1. The van der Waals surface area contributed by atoms with E-state index in [0.717, 1.165) is 38.8 Å². The lowest BCUT2D eigenvalue weighted by Gasteiger charge is -2.33. The molecular weight excluding hydrogens is 361 g/mol. The van der Waals surface area contributed by atoms with Crippen LogP contribution >= 0.6 is 23.2 Å². The number of halogens is 2. The van der Waals surface area contributed by atoms with Crippen molar-refractivity contribution in [1.29, 1.82) is 0 Å². The Morgan fingerprint density at radius 1 is 1.16 bits per heavy atom. The number of rotatable bonds is 4. The van der Waals surface area contributed by atoms with Gasteiger partial charge in [-0.05, 0) is 56.3 Å². The third kappa shape index (κ3) is 4.87. The molecule has 5 nitrogen and oxygen atoms in total. The Hall–Kier alpha value is -1.30. The maximum Gasteiger partial charge on any atom is 0.253 e. The van der Waals surface area contributed by atoms with Gasteiger partial charge in [-0.25, -0.2) is 0 Å². The first kappa shape index (κ1) is 18.5. The summed E-state index contributed by atoms with van der Waals surface area (Å²) in [5, 5.41) is 7.15. The van der Waals surface area contributed by atoms with Crippen molar-refractivity contribution in [3.05, 3.63) is 33.8 Å². The van der Waals surface area contributed by atoms with Crippen LogP contribution in [0.5, 0.6) is 0 Å². The molecule has 1 aromatic carbocycles. The first-order chi connectivity index (χ1) is 12.0. The first-order valence-corrected chi connectivity index (χ1v) is 9.55. The molecule has 0 aromatic heterocycles. The Morgan fingerprint density at radius 3 is 2.60 bits per heavy atom. The fraction of sp³-hybridized carbons (Fsp3) is 0.556. The molecule has 136 valence electrons. The van der Waals surface area contributed by atoms with Gasteiger partial charge in [-0.1, -0.05) is 23.2 Å². The minimum atomic E-state index is -0.0603. The Labute approximate surface area is 158 Å². The van der Waals surface area contributed by atoms with Crippen LogP contribution in [0.25, 0.3) is 0 Å². The Bertz CT molecular complexity index is 627. The predicted octanol–water partition coefficient (Wildman–Crippen LogP) is 2.71. The van der Waals surface area contributed by atoms with E-state index in [1.165, 1.54) is 0 Å². The number of nitrogens with one attached hydrogen (secondary N) is 2. The van der Waals surface area contributed by atoms with Crippen LogP contribution in [-0.4, -0.2) is 48.9 Å². The molecule has 2 heterocycles. The number of nitrogens with zero attached hydrogens (tertiary/aromatic N) is 1. The van der Waals surface area contributed by atoms with Gasteiger partial charge in [-0.15, -0.1) is 0 Å². The van der Waals surface area contributed by atoms with Gasteiger partial charge in [0.25, 0.3) is 5.91 Å². The lowest BCUT2D eigenvalue weighted by Crippen LogP contribution is -2.46. The van der Waals surface area contributed by atoms with Crippen LogP contribution in [0.1, 0.15) is 36.0 Å². The van der Waals surface area contributed by atoms with E-state index < -0.39 is 0 Å². The molecule has 2 atom stereocenters. The number of likely N-dealkylation sites (tertiary alicyclic amines) is 1. The van der Waals surface area contributed by atoms with Crippen molar-refractivity contribution >= 4 is 35.0 Å². The topological polar surface area (TPSA) is 61.4 Å². The van der Waals surface area contributed by atoms with Gasteiger partial charge in [0.15, 0.2) is 0 Å². The number of piperidine rings is 1. The quantitative estimate of drug-likeness (QED) is 0.839. The summed E-state index contributed by atoms with van der Waals surface area (Å²) in [5.74, 6) is 0.290. The molecule has 1 aromatic rings. The first-order valence-electron chi connectivity index (χ1n) is 8.79. The fourth-order valence-electron chi connectivity index (χ4n) is 3.55. The molecule has 0 spiro atoms. The van der Waals surface area contributed by atoms with Crippen LogP contribution in [0.4, 0.5) is 0 Å². The number of amides is 2. The zero-order valence-electron chi connectivity index (χ0n) is 14.1. The normalized spacial score (nSPS) is 23.5. The van der Waals surface area contributed by atoms with E-state index in [1.807, 2.05) is 4.90 Å². The zero-order chi connectivity index (χ0) is 17.8. The monoisotopic (exact) mass is 383 g/mol. The summed E-state index contributed by atoms with van der Waals surface area (Å²) in [5.41, 5.74) is 0.511. The molecule has 0 aliphatic carbocycles. The van der Waals surface area contributed by atoms with Crippen LogP contribution in [0, 0.1) is 5.92 Å². The Balaban J connectivity index is 1.55. The van der Waals surface area contributed by atoms with Gasteiger partial charge in [0.05, 0.1) is 6.04 Å². The lowest BCUT2D eigenvalue weighted by molar-refractivity contribution is -0.123. The van der Waals surface area contributed by atoms with Crippen molar-refractivity contribution < 1.29 is 9.59 Å².